The molecule has 0 saturated carbocycles. The molecule has 3 heteroatoms. The minimum Gasteiger partial charge on any atom is -0.481 e. The van der Waals surface area contributed by atoms with E-state index >= 15 is 0 Å². The highest BCUT2D eigenvalue weighted by Gasteiger charge is 2.19. The molecule has 0 heterocycles. The average molecular weight is 311 g/mol. The molecule has 0 aromatic heterocycles. The Morgan fingerprint density at radius 3 is 2.39 bits per heavy atom. The van der Waals surface area contributed by atoms with Crippen molar-refractivity contribution in [3.05, 3.63) is 65.2 Å². The fraction of sp³-hybridized carbons (Fsp3) is 0.350. The number of ether oxygens (including phenoxy) is 1. The molecule has 23 heavy (non-hydrogen) atoms. The van der Waals surface area contributed by atoms with Gasteiger partial charge >= 0.3 is 0 Å². The quantitative estimate of drug-likeness (QED) is 0.862. The number of hydrogen-bond donors (Lipinski definition) is 1. The standard InChI is InChI=1S/C20H25NO2/c1-5-19(17-11-9-14(2)10-12-17)21-20(22)16(4)23-18-8-6-7-15(3)13-18/h6-13,16,19H,5H2,1-4H3,(H,21,22)/t16-,19-/m1/s1. The molecule has 2 atom stereocenters. The van der Waals surface area contributed by atoms with Gasteiger partial charge in [-0.2, -0.15) is 0 Å². The Morgan fingerprint density at radius 2 is 1.78 bits per heavy atom. The fourth-order valence-corrected chi connectivity index (χ4v) is 2.46. The van der Waals surface area contributed by atoms with Gasteiger partial charge in [0.05, 0.1) is 6.04 Å². The van der Waals surface area contributed by atoms with E-state index in [2.05, 4.69) is 43.4 Å². The number of nitrogens with one attached hydrogen (secondary N) is 1. The van der Waals surface area contributed by atoms with Gasteiger partial charge in [-0.25, -0.2) is 0 Å². The monoisotopic (exact) mass is 311 g/mol. The molecule has 0 spiro atoms. The Hall–Kier alpha value is -2.29. The second-order valence-corrected chi connectivity index (χ2v) is 5.96. The third-order valence-corrected chi connectivity index (χ3v) is 3.88. The van der Waals surface area contributed by atoms with Crippen molar-refractivity contribution in [3.63, 3.8) is 0 Å². The Morgan fingerprint density at radius 1 is 1.09 bits per heavy atom. The van der Waals surface area contributed by atoms with Crippen molar-refractivity contribution in [2.45, 2.75) is 46.3 Å². The van der Waals surface area contributed by atoms with Gasteiger partial charge < -0.3 is 10.1 Å². The summed E-state index contributed by atoms with van der Waals surface area (Å²) in [5, 5.41) is 3.07. The Balaban J connectivity index is 1.99. The summed E-state index contributed by atoms with van der Waals surface area (Å²) in [7, 11) is 0. The summed E-state index contributed by atoms with van der Waals surface area (Å²) in [6.45, 7) is 7.90. The molecule has 2 rings (SSSR count). The SMILES string of the molecule is CC[C@@H](NC(=O)[C@@H](C)Oc1cccc(C)c1)c1ccc(C)cc1. The van der Waals surface area contributed by atoms with Gasteiger partial charge in [0, 0.05) is 0 Å². The molecular weight excluding hydrogens is 286 g/mol. The molecule has 0 unspecified atom stereocenters. The molecule has 2 aromatic rings. The smallest absolute Gasteiger partial charge is 0.261 e. The molecule has 0 aliphatic carbocycles. The number of amides is 1. The van der Waals surface area contributed by atoms with E-state index in [1.807, 2.05) is 31.2 Å². The normalized spacial score (nSPS) is 13.2. The summed E-state index contributed by atoms with van der Waals surface area (Å²) in [5.41, 5.74) is 3.45. The summed E-state index contributed by atoms with van der Waals surface area (Å²) in [6.07, 6.45) is 0.308. The van der Waals surface area contributed by atoms with Crippen LogP contribution in [0.1, 0.15) is 43.0 Å². The van der Waals surface area contributed by atoms with Crippen molar-refractivity contribution >= 4 is 5.91 Å². The Labute approximate surface area is 138 Å². The van der Waals surface area contributed by atoms with Crippen LogP contribution in [0.3, 0.4) is 0 Å². The summed E-state index contributed by atoms with van der Waals surface area (Å²) < 4.78 is 5.75. The van der Waals surface area contributed by atoms with Gasteiger partial charge in [-0.15, -0.1) is 0 Å². The second kappa shape index (κ2) is 7.82. The van der Waals surface area contributed by atoms with Gasteiger partial charge in [0.1, 0.15) is 5.75 Å². The highest BCUT2D eigenvalue weighted by atomic mass is 16.5. The topological polar surface area (TPSA) is 38.3 Å². The number of hydrogen-bond acceptors (Lipinski definition) is 2. The van der Waals surface area contributed by atoms with Gasteiger partial charge in [0.15, 0.2) is 6.10 Å². The van der Waals surface area contributed by atoms with Crippen molar-refractivity contribution in [1.82, 2.24) is 5.32 Å². The molecule has 0 aliphatic rings. The number of aryl methyl sites for hydroxylation is 2. The zero-order valence-corrected chi connectivity index (χ0v) is 14.3. The van der Waals surface area contributed by atoms with Gasteiger partial charge in [-0.3, -0.25) is 4.79 Å². The second-order valence-electron chi connectivity index (χ2n) is 5.96. The van der Waals surface area contributed by atoms with E-state index in [1.54, 1.807) is 6.92 Å². The fourth-order valence-electron chi connectivity index (χ4n) is 2.46. The zero-order chi connectivity index (χ0) is 16.8. The summed E-state index contributed by atoms with van der Waals surface area (Å²) in [5.74, 6) is 0.620. The largest absolute Gasteiger partial charge is 0.481 e. The number of benzene rings is 2. The van der Waals surface area contributed by atoms with E-state index in [0.717, 1.165) is 23.3 Å². The van der Waals surface area contributed by atoms with Crippen molar-refractivity contribution in [3.8, 4) is 5.75 Å². The first-order valence-corrected chi connectivity index (χ1v) is 8.10. The van der Waals surface area contributed by atoms with Crippen molar-refractivity contribution in [2.75, 3.05) is 0 Å². The van der Waals surface area contributed by atoms with Crippen molar-refractivity contribution in [2.24, 2.45) is 0 Å². The number of rotatable bonds is 6. The maximum Gasteiger partial charge on any atom is 0.261 e. The van der Waals surface area contributed by atoms with Crippen LogP contribution in [0.5, 0.6) is 5.75 Å². The van der Waals surface area contributed by atoms with Crippen LogP contribution < -0.4 is 10.1 Å². The molecule has 1 amide bonds. The van der Waals surface area contributed by atoms with Gasteiger partial charge in [-0.05, 0) is 50.5 Å². The first-order valence-electron chi connectivity index (χ1n) is 8.10. The van der Waals surface area contributed by atoms with E-state index in [0.29, 0.717) is 0 Å². The summed E-state index contributed by atoms with van der Waals surface area (Å²) >= 11 is 0. The van der Waals surface area contributed by atoms with Crippen LogP contribution in [0.2, 0.25) is 0 Å². The lowest BCUT2D eigenvalue weighted by molar-refractivity contribution is -0.128. The van der Waals surface area contributed by atoms with E-state index in [9.17, 15) is 4.79 Å². The number of carbonyl (C=O) groups excluding carboxylic acids is 1. The highest BCUT2D eigenvalue weighted by molar-refractivity contribution is 5.81. The van der Waals surface area contributed by atoms with Crippen molar-refractivity contribution < 1.29 is 9.53 Å². The lowest BCUT2D eigenvalue weighted by atomic mass is 10.0. The molecular formula is C20H25NO2. The van der Waals surface area contributed by atoms with E-state index in [4.69, 9.17) is 4.74 Å². The van der Waals surface area contributed by atoms with Crippen LogP contribution >= 0.6 is 0 Å². The molecule has 3 nitrogen and oxygen atoms in total. The van der Waals surface area contributed by atoms with Crippen LogP contribution in [0.4, 0.5) is 0 Å². The molecule has 0 fully saturated rings. The molecule has 0 saturated heterocycles. The molecule has 0 radical (unpaired) electrons. The maximum absolute atomic E-state index is 12.4. The van der Waals surface area contributed by atoms with E-state index in [-0.39, 0.29) is 11.9 Å². The first kappa shape index (κ1) is 17.1. The summed E-state index contributed by atoms with van der Waals surface area (Å²) in [4.78, 5) is 12.4. The predicted molar refractivity (Wildman–Crippen MR) is 93.6 cm³/mol. The minimum atomic E-state index is -0.531. The van der Waals surface area contributed by atoms with Crippen LogP contribution in [0, 0.1) is 13.8 Å². The molecule has 0 aliphatic heterocycles. The predicted octanol–water partition coefficient (Wildman–Crippen LogP) is 4.34. The van der Waals surface area contributed by atoms with Gasteiger partial charge in [-0.1, -0.05) is 48.9 Å². The highest BCUT2D eigenvalue weighted by Crippen LogP contribution is 2.18. The van der Waals surface area contributed by atoms with E-state index < -0.39 is 6.10 Å². The van der Waals surface area contributed by atoms with Gasteiger partial charge in [0.2, 0.25) is 0 Å². The first-order chi connectivity index (χ1) is 11.0. The van der Waals surface area contributed by atoms with Gasteiger partial charge in [0.25, 0.3) is 5.91 Å². The lowest BCUT2D eigenvalue weighted by Gasteiger charge is -2.21. The minimum absolute atomic E-state index is 0.00617. The maximum atomic E-state index is 12.4. The average Bonchev–Trinajstić information content (AvgIpc) is 2.53. The van der Waals surface area contributed by atoms with E-state index in [1.165, 1.54) is 5.56 Å². The Bertz CT molecular complexity index is 649. The number of carbonyl (C=O) groups is 1. The van der Waals surface area contributed by atoms with Crippen LogP contribution in [-0.2, 0) is 4.79 Å². The Kier molecular flexibility index (Phi) is 5.80. The third kappa shape index (κ3) is 4.85. The molecule has 0 bridgehead atoms. The van der Waals surface area contributed by atoms with Crippen molar-refractivity contribution in [1.29, 1.82) is 0 Å². The molecule has 2 aromatic carbocycles. The third-order valence-electron chi connectivity index (χ3n) is 3.88. The van der Waals surface area contributed by atoms with Crippen LogP contribution in [-0.4, -0.2) is 12.0 Å². The molecule has 122 valence electrons. The molecule has 1 N–H and O–H groups in total. The lowest BCUT2D eigenvalue weighted by Crippen LogP contribution is -2.38. The van der Waals surface area contributed by atoms with Crippen LogP contribution in [0.15, 0.2) is 48.5 Å². The zero-order valence-electron chi connectivity index (χ0n) is 14.3. The summed E-state index contributed by atoms with van der Waals surface area (Å²) in [6, 6.07) is 16.0. The van der Waals surface area contributed by atoms with Crippen LogP contribution in [0.25, 0.3) is 0 Å².